The zero-order chi connectivity index (χ0) is 23.0. The van der Waals surface area contributed by atoms with Crippen molar-refractivity contribution >= 4 is 40.7 Å². The number of alkyl halides is 2. The van der Waals surface area contributed by atoms with Crippen LogP contribution in [0.4, 0.5) is 14.5 Å². The first-order chi connectivity index (χ1) is 15.9. The minimum Gasteiger partial charge on any atom is -0.349 e. The monoisotopic (exact) mass is 482 g/mol. The molecule has 1 aliphatic carbocycles. The van der Waals surface area contributed by atoms with E-state index in [2.05, 4.69) is 11.4 Å². The number of carbonyl (C=O) groups is 1. The van der Waals surface area contributed by atoms with Crippen molar-refractivity contribution in [2.24, 2.45) is 4.99 Å². The van der Waals surface area contributed by atoms with Crippen LogP contribution in [0, 0.1) is 0 Å². The van der Waals surface area contributed by atoms with Crippen molar-refractivity contribution in [1.29, 1.82) is 0 Å². The summed E-state index contributed by atoms with van der Waals surface area (Å²) in [5, 5.41) is 3.57. The molecule has 3 aromatic rings. The molecule has 1 saturated carbocycles. The van der Waals surface area contributed by atoms with Crippen molar-refractivity contribution in [3.63, 3.8) is 0 Å². The fourth-order valence-corrected chi connectivity index (χ4v) is 5.29. The summed E-state index contributed by atoms with van der Waals surface area (Å²) in [6, 6.07) is 20.8. The average molecular weight is 483 g/mol. The summed E-state index contributed by atoms with van der Waals surface area (Å²) in [7, 11) is 0. The van der Waals surface area contributed by atoms with E-state index in [0.717, 1.165) is 26.6 Å². The van der Waals surface area contributed by atoms with E-state index in [9.17, 15) is 13.6 Å². The highest BCUT2D eigenvalue weighted by atomic mass is 35.5. The summed E-state index contributed by atoms with van der Waals surface area (Å²) in [5.74, 6) is -2.88. The van der Waals surface area contributed by atoms with Gasteiger partial charge in [-0.15, -0.1) is 0 Å². The largest absolute Gasteiger partial charge is 0.349 e. The Morgan fingerprint density at radius 1 is 1.00 bits per heavy atom. The predicted octanol–water partition coefficient (Wildman–Crippen LogP) is 7.28. The molecule has 0 radical (unpaired) electrons. The van der Waals surface area contributed by atoms with Crippen molar-refractivity contribution in [2.45, 2.75) is 47.4 Å². The second kappa shape index (κ2) is 8.92. The molecule has 3 aromatic carbocycles. The van der Waals surface area contributed by atoms with E-state index in [1.54, 1.807) is 23.9 Å². The number of nitrogens with zero attached hydrogens (tertiary/aromatic N) is 1. The standard InChI is InChI=1S/C26H21ClF2N2OS/c27-18-8-5-16(6-9-18)24-20-3-1-2-4-22(20)33-23-10-7-17(15-21(23)31-24)25(32)30-19-11-13-26(28,29)14-12-19/h1-10,15,19H,11-14H2,(H,30,32). The Kier molecular flexibility index (Phi) is 5.97. The number of amides is 1. The van der Waals surface area contributed by atoms with Crippen LogP contribution in [0.2, 0.25) is 5.02 Å². The topological polar surface area (TPSA) is 41.5 Å². The summed E-state index contributed by atoms with van der Waals surface area (Å²) < 4.78 is 26.9. The van der Waals surface area contributed by atoms with Crippen molar-refractivity contribution in [1.82, 2.24) is 5.32 Å². The van der Waals surface area contributed by atoms with E-state index in [0.29, 0.717) is 16.3 Å². The van der Waals surface area contributed by atoms with Gasteiger partial charge in [0.2, 0.25) is 5.92 Å². The smallest absolute Gasteiger partial charge is 0.251 e. The molecule has 1 aliphatic heterocycles. The molecule has 0 bridgehead atoms. The summed E-state index contributed by atoms with van der Waals surface area (Å²) >= 11 is 7.69. The maximum absolute atomic E-state index is 13.4. The minimum atomic E-state index is -2.62. The molecule has 0 unspecified atom stereocenters. The Labute approximate surface area is 200 Å². The molecule has 1 fully saturated rings. The Morgan fingerprint density at radius 3 is 2.48 bits per heavy atom. The number of fused-ring (bicyclic) bond motifs is 2. The number of aliphatic imine (C=N–C) groups is 1. The first kappa shape index (κ1) is 22.1. The third-order valence-electron chi connectivity index (χ3n) is 5.99. The number of hydrogen-bond donors (Lipinski definition) is 1. The second-order valence-corrected chi connectivity index (χ2v) is 9.87. The molecule has 1 heterocycles. The first-order valence-electron chi connectivity index (χ1n) is 10.8. The van der Waals surface area contributed by atoms with Crippen LogP contribution >= 0.6 is 23.4 Å². The number of nitrogens with one attached hydrogen (secondary N) is 1. The van der Waals surface area contributed by atoms with Gasteiger partial charge >= 0.3 is 0 Å². The molecule has 3 nitrogen and oxygen atoms in total. The van der Waals surface area contributed by atoms with Crippen LogP contribution in [-0.2, 0) is 0 Å². The van der Waals surface area contributed by atoms with E-state index < -0.39 is 5.92 Å². The van der Waals surface area contributed by atoms with E-state index in [4.69, 9.17) is 16.6 Å². The van der Waals surface area contributed by atoms with Crippen molar-refractivity contribution < 1.29 is 13.6 Å². The quantitative estimate of drug-likeness (QED) is 0.333. The number of benzene rings is 3. The van der Waals surface area contributed by atoms with Crippen LogP contribution in [0.15, 0.2) is 81.5 Å². The zero-order valence-corrected chi connectivity index (χ0v) is 19.2. The lowest BCUT2D eigenvalue weighted by Crippen LogP contribution is -2.40. The van der Waals surface area contributed by atoms with Crippen molar-refractivity contribution in [2.75, 3.05) is 0 Å². The van der Waals surface area contributed by atoms with Gasteiger partial charge < -0.3 is 5.32 Å². The number of hydrogen-bond acceptors (Lipinski definition) is 3. The van der Waals surface area contributed by atoms with Crippen LogP contribution < -0.4 is 5.32 Å². The van der Waals surface area contributed by atoms with Crippen LogP contribution in [0.3, 0.4) is 0 Å². The molecule has 33 heavy (non-hydrogen) atoms. The van der Waals surface area contributed by atoms with Gasteiger partial charge in [0.1, 0.15) is 0 Å². The fraction of sp³-hybridized carbons (Fsp3) is 0.231. The molecule has 0 aromatic heterocycles. The normalized spacial score (nSPS) is 17.4. The molecule has 0 atom stereocenters. The lowest BCUT2D eigenvalue weighted by atomic mass is 9.92. The lowest BCUT2D eigenvalue weighted by Gasteiger charge is -2.28. The van der Waals surface area contributed by atoms with Gasteiger partial charge in [-0.2, -0.15) is 0 Å². The zero-order valence-electron chi connectivity index (χ0n) is 17.7. The molecule has 1 amide bonds. The number of carbonyl (C=O) groups excluding carboxylic acids is 1. The molecule has 2 aliphatic rings. The van der Waals surface area contributed by atoms with Crippen LogP contribution in [0.25, 0.3) is 0 Å². The van der Waals surface area contributed by atoms with Gasteiger partial charge in [-0.25, -0.2) is 13.8 Å². The average Bonchev–Trinajstić information content (AvgIpc) is 2.97. The summed E-state index contributed by atoms with van der Waals surface area (Å²) in [4.78, 5) is 19.9. The maximum atomic E-state index is 13.4. The van der Waals surface area contributed by atoms with E-state index in [1.165, 1.54) is 0 Å². The lowest BCUT2D eigenvalue weighted by molar-refractivity contribution is -0.0399. The predicted molar refractivity (Wildman–Crippen MR) is 128 cm³/mol. The minimum absolute atomic E-state index is 0.189. The van der Waals surface area contributed by atoms with Crippen molar-refractivity contribution in [3.8, 4) is 0 Å². The molecule has 168 valence electrons. The van der Waals surface area contributed by atoms with Gasteiger partial charge in [-0.05, 0) is 49.2 Å². The molecule has 0 spiro atoms. The third kappa shape index (κ3) is 4.82. The number of rotatable bonds is 3. The SMILES string of the molecule is O=C(NC1CCC(F)(F)CC1)c1ccc2c(c1)N=C(c1ccc(Cl)cc1)c1ccccc1S2. The van der Waals surface area contributed by atoms with Crippen LogP contribution in [-0.4, -0.2) is 23.6 Å². The summed E-state index contributed by atoms with van der Waals surface area (Å²) in [6.07, 6.45) is 0.193. The summed E-state index contributed by atoms with van der Waals surface area (Å²) in [6.45, 7) is 0. The van der Waals surface area contributed by atoms with E-state index in [-0.39, 0.29) is 37.6 Å². The Hall–Kier alpha value is -2.70. The van der Waals surface area contributed by atoms with Gasteiger partial charge in [0.05, 0.1) is 11.4 Å². The molecule has 0 saturated heterocycles. The van der Waals surface area contributed by atoms with Crippen LogP contribution in [0.5, 0.6) is 0 Å². The van der Waals surface area contributed by atoms with Gasteiger partial charge in [0, 0.05) is 50.4 Å². The molecular formula is C26H21ClF2N2OS. The molecule has 7 heteroatoms. The van der Waals surface area contributed by atoms with Gasteiger partial charge in [-0.1, -0.05) is 53.7 Å². The van der Waals surface area contributed by atoms with Gasteiger partial charge in [0.25, 0.3) is 5.91 Å². The molecular weight excluding hydrogens is 462 g/mol. The highest BCUT2D eigenvalue weighted by molar-refractivity contribution is 7.99. The molecule has 1 N–H and O–H groups in total. The Morgan fingerprint density at radius 2 is 1.73 bits per heavy atom. The fourth-order valence-electron chi connectivity index (χ4n) is 4.16. The highest BCUT2D eigenvalue weighted by Crippen LogP contribution is 2.42. The van der Waals surface area contributed by atoms with Gasteiger partial charge in [-0.3, -0.25) is 4.79 Å². The van der Waals surface area contributed by atoms with Gasteiger partial charge in [0.15, 0.2) is 0 Å². The molecule has 5 rings (SSSR count). The van der Waals surface area contributed by atoms with E-state index >= 15 is 0 Å². The van der Waals surface area contributed by atoms with Crippen LogP contribution in [0.1, 0.15) is 47.2 Å². The Bertz CT molecular complexity index is 1230. The third-order valence-corrected chi connectivity index (χ3v) is 7.38. The van der Waals surface area contributed by atoms with Crippen molar-refractivity contribution in [3.05, 3.63) is 88.4 Å². The first-order valence-corrected chi connectivity index (χ1v) is 12.0. The summed E-state index contributed by atoms with van der Waals surface area (Å²) in [5.41, 5.74) is 3.91. The number of halogens is 3. The van der Waals surface area contributed by atoms with E-state index in [1.807, 2.05) is 48.5 Å². The maximum Gasteiger partial charge on any atom is 0.251 e. The Balaban J connectivity index is 1.48. The highest BCUT2D eigenvalue weighted by Gasteiger charge is 2.35. The second-order valence-electron chi connectivity index (χ2n) is 8.35.